The Kier molecular flexibility index (Phi) is 9.93. The van der Waals surface area contributed by atoms with Crippen LogP contribution in [0.5, 0.6) is 0 Å². The van der Waals surface area contributed by atoms with E-state index in [0.717, 1.165) is 55.9 Å². The van der Waals surface area contributed by atoms with Crippen LogP contribution in [-0.2, 0) is 5.41 Å². The molecular formula is C61H46N4. The summed E-state index contributed by atoms with van der Waals surface area (Å²) in [6.07, 6.45) is 0. The largest absolute Gasteiger partial charge is 0.258 e. The molecule has 0 radical (unpaired) electrons. The third kappa shape index (κ3) is 7.33. The van der Waals surface area contributed by atoms with Gasteiger partial charge in [0.1, 0.15) is 0 Å². The van der Waals surface area contributed by atoms with Crippen LogP contribution in [0.3, 0.4) is 0 Å². The molecule has 0 aliphatic heterocycles. The van der Waals surface area contributed by atoms with Gasteiger partial charge in [-0.3, -0.25) is 4.98 Å². The van der Waals surface area contributed by atoms with E-state index in [-0.39, 0.29) is 5.41 Å². The van der Waals surface area contributed by atoms with Crippen molar-refractivity contribution in [2.24, 2.45) is 0 Å². The Morgan fingerprint density at radius 1 is 0.292 bits per heavy atom. The van der Waals surface area contributed by atoms with Crippen molar-refractivity contribution in [2.45, 2.75) is 33.1 Å². The summed E-state index contributed by atoms with van der Waals surface area (Å²) >= 11 is 0. The van der Waals surface area contributed by atoms with E-state index in [1.165, 1.54) is 50.1 Å². The fourth-order valence-electron chi connectivity index (χ4n) is 9.62. The van der Waals surface area contributed by atoms with E-state index in [0.29, 0.717) is 17.5 Å². The summed E-state index contributed by atoms with van der Waals surface area (Å²) in [5.74, 6) is 1.88. The maximum absolute atomic E-state index is 5.25. The van der Waals surface area contributed by atoms with Gasteiger partial charge in [0.05, 0.1) is 0 Å². The van der Waals surface area contributed by atoms with E-state index in [2.05, 4.69) is 227 Å². The zero-order chi connectivity index (χ0) is 44.1. The average molecular weight is 835 g/mol. The van der Waals surface area contributed by atoms with E-state index < -0.39 is 0 Å². The lowest BCUT2D eigenvalue weighted by Gasteiger charge is -2.21. The highest BCUT2D eigenvalue weighted by atomic mass is 15.0. The number of hydrogen-bond acceptors (Lipinski definition) is 4. The van der Waals surface area contributed by atoms with Gasteiger partial charge in [0.15, 0.2) is 17.5 Å². The second-order valence-electron chi connectivity index (χ2n) is 17.5. The van der Waals surface area contributed by atoms with Crippen LogP contribution in [0.25, 0.3) is 101 Å². The molecule has 310 valence electrons. The molecular weight excluding hydrogens is 789 g/mol. The molecule has 0 N–H and O–H groups in total. The van der Waals surface area contributed by atoms with Crippen molar-refractivity contribution < 1.29 is 0 Å². The van der Waals surface area contributed by atoms with E-state index in [9.17, 15) is 0 Å². The molecule has 0 bridgehead atoms. The Morgan fingerprint density at radius 2 is 0.723 bits per heavy atom. The smallest absolute Gasteiger partial charge is 0.164 e. The number of hydrogen-bond donors (Lipinski definition) is 0. The van der Waals surface area contributed by atoms with Crippen molar-refractivity contribution in [3.05, 3.63) is 229 Å². The normalized spacial score (nSPS) is 12.4. The number of benzene rings is 8. The molecule has 2 aromatic heterocycles. The van der Waals surface area contributed by atoms with Crippen LogP contribution in [0.4, 0.5) is 0 Å². The monoisotopic (exact) mass is 834 g/mol. The van der Waals surface area contributed by atoms with Crippen LogP contribution >= 0.6 is 0 Å². The lowest BCUT2D eigenvalue weighted by Crippen LogP contribution is -2.15. The SMILES string of the molecule is Cc1ccc(-c2ccc(-c3nc(-c4ccc(-c5c(-c6ccccc6)cc(-c6ccccc6)cc5-c5ccccc5)cc4)nc(-c4ccc5c(c4)C(C)(C)c4ccccc4-5)n3)cc2)c(C)n1. The first-order chi connectivity index (χ1) is 31.8. The molecule has 4 heteroatoms. The van der Waals surface area contributed by atoms with E-state index >= 15 is 0 Å². The van der Waals surface area contributed by atoms with E-state index in [1.54, 1.807) is 0 Å². The molecule has 0 saturated carbocycles. The maximum atomic E-state index is 5.25. The van der Waals surface area contributed by atoms with E-state index in [4.69, 9.17) is 19.9 Å². The number of rotatable bonds is 8. The Balaban J connectivity index is 1.05. The number of aromatic nitrogens is 4. The Hall–Kier alpha value is -8.08. The second-order valence-corrected chi connectivity index (χ2v) is 17.5. The Morgan fingerprint density at radius 3 is 1.29 bits per heavy atom. The van der Waals surface area contributed by atoms with Gasteiger partial charge >= 0.3 is 0 Å². The van der Waals surface area contributed by atoms with Gasteiger partial charge in [-0.1, -0.05) is 196 Å². The Labute approximate surface area is 381 Å². The van der Waals surface area contributed by atoms with Crippen molar-refractivity contribution in [1.82, 2.24) is 19.9 Å². The van der Waals surface area contributed by atoms with Gasteiger partial charge in [-0.25, -0.2) is 15.0 Å². The minimum absolute atomic E-state index is 0.161. The summed E-state index contributed by atoms with van der Waals surface area (Å²) in [5.41, 5.74) is 21.3. The summed E-state index contributed by atoms with van der Waals surface area (Å²) in [6.45, 7) is 8.70. The van der Waals surface area contributed by atoms with Crippen LogP contribution in [0.2, 0.25) is 0 Å². The third-order valence-corrected chi connectivity index (χ3v) is 13.0. The van der Waals surface area contributed by atoms with Crippen LogP contribution in [-0.4, -0.2) is 19.9 Å². The Bertz CT molecular complexity index is 3310. The molecule has 1 aliphatic rings. The maximum Gasteiger partial charge on any atom is 0.164 e. The van der Waals surface area contributed by atoms with Crippen molar-refractivity contribution in [3.63, 3.8) is 0 Å². The lowest BCUT2D eigenvalue weighted by atomic mass is 9.82. The fourth-order valence-corrected chi connectivity index (χ4v) is 9.62. The molecule has 0 atom stereocenters. The van der Waals surface area contributed by atoms with Crippen LogP contribution in [0.1, 0.15) is 36.4 Å². The van der Waals surface area contributed by atoms with Gasteiger partial charge in [0.2, 0.25) is 0 Å². The first kappa shape index (κ1) is 39.7. The van der Waals surface area contributed by atoms with Gasteiger partial charge < -0.3 is 0 Å². The first-order valence-corrected chi connectivity index (χ1v) is 22.3. The summed E-state index contributed by atoms with van der Waals surface area (Å²) in [6, 6.07) is 73.6. The van der Waals surface area contributed by atoms with Crippen molar-refractivity contribution in [2.75, 3.05) is 0 Å². The summed E-state index contributed by atoms with van der Waals surface area (Å²) < 4.78 is 0. The van der Waals surface area contributed by atoms with Gasteiger partial charge in [-0.15, -0.1) is 0 Å². The highest BCUT2D eigenvalue weighted by Crippen LogP contribution is 2.50. The molecule has 8 aromatic carbocycles. The predicted molar refractivity (Wildman–Crippen MR) is 268 cm³/mol. The standard InChI is InChI=1S/C61H46N4/c1-39-24-34-50(40(2)62-39)44-25-29-46(30-26-44)58-63-59(65-60(64-58)48-33-35-52-51-22-14-15-23-55(51)61(3,4)56(52)38-48)47-31-27-45(28-32-47)57-53(42-18-10-6-11-19-42)36-49(41-16-8-5-9-17-41)37-54(57)43-20-12-7-13-21-43/h5-38H,1-4H3. The number of aryl methyl sites for hydroxylation is 2. The molecule has 0 saturated heterocycles. The van der Waals surface area contributed by atoms with Crippen LogP contribution < -0.4 is 0 Å². The fraction of sp³-hybridized carbons (Fsp3) is 0.0820. The third-order valence-electron chi connectivity index (χ3n) is 13.0. The van der Waals surface area contributed by atoms with Crippen LogP contribution in [0, 0.1) is 13.8 Å². The molecule has 0 amide bonds. The quantitative estimate of drug-likeness (QED) is 0.153. The second kappa shape index (κ2) is 16.2. The minimum Gasteiger partial charge on any atom is -0.258 e. The number of pyridine rings is 1. The molecule has 4 nitrogen and oxygen atoms in total. The zero-order valence-electron chi connectivity index (χ0n) is 36.9. The zero-order valence-corrected chi connectivity index (χ0v) is 36.9. The van der Waals surface area contributed by atoms with Gasteiger partial charge in [-0.2, -0.15) is 0 Å². The highest BCUT2D eigenvalue weighted by Gasteiger charge is 2.35. The predicted octanol–water partition coefficient (Wildman–Crippen LogP) is 15.5. The molecule has 10 aromatic rings. The topological polar surface area (TPSA) is 51.6 Å². The molecule has 65 heavy (non-hydrogen) atoms. The van der Waals surface area contributed by atoms with Crippen LogP contribution in [0.15, 0.2) is 206 Å². The number of nitrogens with zero attached hydrogens (tertiary/aromatic N) is 4. The van der Waals surface area contributed by atoms with Crippen molar-refractivity contribution in [1.29, 1.82) is 0 Å². The van der Waals surface area contributed by atoms with Crippen molar-refractivity contribution >= 4 is 0 Å². The summed E-state index contributed by atoms with van der Waals surface area (Å²) in [4.78, 5) is 20.4. The molecule has 0 fully saturated rings. The summed E-state index contributed by atoms with van der Waals surface area (Å²) in [7, 11) is 0. The van der Waals surface area contributed by atoms with E-state index in [1.807, 2.05) is 6.92 Å². The highest BCUT2D eigenvalue weighted by molar-refractivity contribution is 5.98. The summed E-state index contributed by atoms with van der Waals surface area (Å²) in [5, 5.41) is 0. The molecule has 0 unspecified atom stereocenters. The lowest BCUT2D eigenvalue weighted by molar-refractivity contribution is 0.660. The van der Waals surface area contributed by atoms with Gasteiger partial charge in [0.25, 0.3) is 0 Å². The molecule has 11 rings (SSSR count). The molecule has 1 aliphatic carbocycles. The molecule has 0 spiro atoms. The van der Waals surface area contributed by atoms with Gasteiger partial charge in [-0.05, 0) is 110 Å². The van der Waals surface area contributed by atoms with Crippen molar-refractivity contribution in [3.8, 4) is 101 Å². The first-order valence-electron chi connectivity index (χ1n) is 22.3. The molecule has 2 heterocycles. The minimum atomic E-state index is -0.161. The average Bonchev–Trinajstić information content (AvgIpc) is 3.59. The number of fused-ring (bicyclic) bond motifs is 3. The van der Waals surface area contributed by atoms with Gasteiger partial charge in [0, 0.05) is 39.1 Å².